The number of hydrogen-bond acceptors (Lipinski definition) is 4. The predicted molar refractivity (Wildman–Crippen MR) is 70.8 cm³/mol. The molecule has 3 N–H and O–H groups in total. The largest absolute Gasteiger partial charge is 0.478 e. The van der Waals surface area contributed by atoms with Crippen molar-refractivity contribution in [1.82, 2.24) is 4.98 Å². The van der Waals surface area contributed by atoms with Crippen molar-refractivity contribution < 1.29 is 14.3 Å². The number of carboxylic acids is 1. The van der Waals surface area contributed by atoms with Gasteiger partial charge in [0.1, 0.15) is 5.52 Å². The number of carboxylic acid groups (broad SMARTS) is 1. The van der Waals surface area contributed by atoms with Gasteiger partial charge in [-0.25, -0.2) is 9.78 Å². The summed E-state index contributed by atoms with van der Waals surface area (Å²) in [4.78, 5) is 15.2. The van der Waals surface area contributed by atoms with Gasteiger partial charge in [0, 0.05) is 11.3 Å². The molecule has 3 rings (SSSR count). The van der Waals surface area contributed by atoms with Crippen molar-refractivity contribution in [1.29, 1.82) is 0 Å². The maximum absolute atomic E-state index is 10.9. The quantitative estimate of drug-likeness (QED) is 0.686. The maximum Gasteiger partial charge on any atom is 0.335 e. The molecule has 0 unspecified atom stereocenters. The fourth-order valence-electron chi connectivity index (χ4n) is 1.85. The Balaban J connectivity index is 2.14. The molecule has 0 bridgehead atoms. The zero-order chi connectivity index (χ0) is 13.4. The average Bonchev–Trinajstić information content (AvgIpc) is 2.81. The number of fused-ring (bicyclic) bond motifs is 1. The molecule has 2 aromatic carbocycles. The van der Waals surface area contributed by atoms with Gasteiger partial charge < -0.3 is 15.3 Å². The first kappa shape index (κ1) is 11.3. The van der Waals surface area contributed by atoms with Crippen LogP contribution in [0.2, 0.25) is 0 Å². The lowest BCUT2D eigenvalue weighted by Crippen LogP contribution is -1.94. The lowest BCUT2D eigenvalue weighted by atomic mass is 10.2. The topological polar surface area (TPSA) is 89.3 Å². The molecular formula is C14H10N2O3. The number of aromatic nitrogens is 1. The van der Waals surface area contributed by atoms with E-state index in [1.165, 1.54) is 12.1 Å². The van der Waals surface area contributed by atoms with Gasteiger partial charge in [0.15, 0.2) is 5.58 Å². The van der Waals surface area contributed by atoms with E-state index in [-0.39, 0.29) is 5.56 Å². The van der Waals surface area contributed by atoms with Gasteiger partial charge in [-0.3, -0.25) is 0 Å². The number of nitrogen functional groups attached to an aromatic ring is 1. The van der Waals surface area contributed by atoms with Gasteiger partial charge in [0.2, 0.25) is 5.89 Å². The van der Waals surface area contributed by atoms with E-state index in [4.69, 9.17) is 15.3 Å². The molecule has 0 aliphatic heterocycles. The Labute approximate surface area is 108 Å². The minimum atomic E-state index is -0.996. The maximum atomic E-state index is 10.9. The second-order valence-electron chi connectivity index (χ2n) is 4.13. The molecule has 0 saturated heterocycles. The van der Waals surface area contributed by atoms with Crippen molar-refractivity contribution in [3.63, 3.8) is 0 Å². The van der Waals surface area contributed by atoms with Crippen LogP contribution in [-0.2, 0) is 0 Å². The van der Waals surface area contributed by atoms with Crippen LogP contribution in [0.15, 0.2) is 46.9 Å². The van der Waals surface area contributed by atoms with Crippen LogP contribution in [0.3, 0.4) is 0 Å². The molecule has 1 aromatic heterocycles. The van der Waals surface area contributed by atoms with Crippen LogP contribution in [0.5, 0.6) is 0 Å². The third kappa shape index (κ3) is 2.01. The van der Waals surface area contributed by atoms with Crippen molar-refractivity contribution in [3.05, 3.63) is 48.0 Å². The molecular weight excluding hydrogens is 244 g/mol. The second-order valence-corrected chi connectivity index (χ2v) is 4.13. The monoisotopic (exact) mass is 254 g/mol. The van der Waals surface area contributed by atoms with E-state index < -0.39 is 5.97 Å². The number of nitrogens with zero attached hydrogens (tertiary/aromatic N) is 1. The van der Waals surface area contributed by atoms with Gasteiger partial charge in [-0.15, -0.1) is 0 Å². The van der Waals surface area contributed by atoms with E-state index >= 15 is 0 Å². The Kier molecular flexibility index (Phi) is 2.45. The first-order valence-corrected chi connectivity index (χ1v) is 5.63. The fourth-order valence-corrected chi connectivity index (χ4v) is 1.85. The number of rotatable bonds is 2. The van der Waals surface area contributed by atoms with Crippen molar-refractivity contribution in [3.8, 4) is 11.5 Å². The molecule has 5 nitrogen and oxygen atoms in total. The zero-order valence-electron chi connectivity index (χ0n) is 9.83. The van der Waals surface area contributed by atoms with E-state index in [0.29, 0.717) is 22.7 Å². The van der Waals surface area contributed by atoms with Crippen LogP contribution in [0.25, 0.3) is 22.6 Å². The molecule has 0 amide bonds. The van der Waals surface area contributed by atoms with Gasteiger partial charge in [0.05, 0.1) is 5.56 Å². The van der Waals surface area contributed by atoms with Gasteiger partial charge >= 0.3 is 5.97 Å². The second kappa shape index (κ2) is 4.13. The molecule has 3 aromatic rings. The van der Waals surface area contributed by atoms with Crippen molar-refractivity contribution >= 4 is 22.8 Å². The van der Waals surface area contributed by atoms with Crippen molar-refractivity contribution in [2.75, 3.05) is 5.73 Å². The highest BCUT2D eigenvalue weighted by Crippen LogP contribution is 2.26. The van der Waals surface area contributed by atoms with Crippen molar-refractivity contribution in [2.24, 2.45) is 0 Å². The molecule has 94 valence electrons. The molecule has 1 heterocycles. The summed E-state index contributed by atoms with van der Waals surface area (Å²) in [5.41, 5.74) is 8.31. The summed E-state index contributed by atoms with van der Waals surface area (Å²) in [6.07, 6.45) is 0. The minimum absolute atomic E-state index is 0.169. The van der Waals surface area contributed by atoms with Crippen LogP contribution < -0.4 is 5.73 Å². The Hall–Kier alpha value is -2.82. The smallest absolute Gasteiger partial charge is 0.335 e. The van der Waals surface area contributed by atoms with Crippen LogP contribution in [-0.4, -0.2) is 16.1 Å². The molecule has 0 radical (unpaired) electrons. The van der Waals surface area contributed by atoms with Crippen LogP contribution in [0.4, 0.5) is 5.69 Å². The number of benzene rings is 2. The molecule has 0 saturated carbocycles. The van der Waals surface area contributed by atoms with E-state index in [9.17, 15) is 4.79 Å². The van der Waals surface area contributed by atoms with Crippen LogP contribution in [0.1, 0.15) is 10.4 Å². The van der Waals surface area contributed by atoms with Crippen LogP contribution >= 0.6 is 0 Å². The lowest BCUT2D eigenvalue weighted by molar-refractivity contribution is 0.0697. The minimum Gasteiger partial charge on any atom is -0.478 e. The summed E-state index contributed by atoms with van der Waals surface area (Å²) in [6, 6.07) is 11.7. The molecule has 0 spiro atoms. The standard InChI is InChI=1S/C14H10N2O3/c15-10-3-1-2-8(6-10)13-16-11-5-4-9(14(17)18)7-12(11)19-13/h1-7H,15H2,(H,17,18). The Bertz CT molecular complexity index is 777. The van der Waals surface area contributed by atoms with E-state index in [1.54, 1.807) is 18.2 Å². The number of aromatic carboxylic acids is 1. The number of carbonyl (C=O) groups is 1. The van der Waals surface area contributed by atoms with Gasteiger partial charge in [0.25, 0.3) is 0 Å². The number of anilines is 1. The predicted octanol–water partition coefficient (Wildman–Crippen LogP) is 2.78. The molecule has 19 heavy (non-hydrogen) atoms. The van der Waals surface area contributed by atoms with Crippen molar-refractivity contribution in [2.45, 2.75) is 0 Å². The van der Waals surface area contributed by atoms with E-state index in [2.05, 4.69) is 4.98 Å². The fraction of sp³-hybridized carbons (Fsp3) is 0. The third-order valence-corrected chi connectivity index (χ3v) is 2.77. The molecule has 0 aliphatic carbocycles. The zero-order valence-corrected chi connectivity index (χ0v) is 9.83. The highest BCUT2D eigenvalue weighted by molar-refractivity contribution is 5.92. The molecule has 0 fully saturated rings. The van der Waals surface area contributed by atoms with Crippen LogP contribution in [0, 0.1) is 0 Å². The van der Waals surface area contributed by atoms with Gasteiger partial charge in [-0.05, 0) is 36.4 Å². The summed E-state index contributed by atoms with van der Waals surface area (Å²) in [5, 5.41) is 8.93. The third-order valence-electron chi connectivity index (χ3n) is 2.77. The molecule has 0 atom stereocenters. The highest BCUT2D eigenvalue weighted by Gasteiger charge is 2.11. The summed E-state index contributed by atoms with van der Waals surface area (Å²) in [6.45, 7) is 0. The summed E-state index contributed by atoms with van der Waals surface area (Å²) < 4.78 is 5.57. The van der Waals surface area contributed by atoms with Gasteiger partial charge in [-0.1, -0.05) is 6.07 Å². The SMILES string of the molecule is Nc1cccc(-c2nc3ccc(C(=O)O)cc3o2)c1. The molecule has 5 heteroatoms. The van der Waals surface area contributed by atoms with Gasteiger partial charge in [-0.2, -0.15) is 0 Å². The Morgan fingerprint density at radius 1 is 1.21 bits per heavy atom. The summed E-state index contributed by atoms with van der Waals surface area (Å²) >= 11 is 0. The lowest BCUT2D eigenvalue weighted by Gasteiger charge is -1.96. The number of hydrogen-bond donors (Lipinski definition) is 2. The molecule has 0 aliphatic rings. The first-order valence-electron chi connectivity index (χ1n) is 5.63. The van der Waals surface area contributed by atoms with E-state index in [0.717, 1.165) is 5.56 Å². The number of oxazole rings is 1. The Morgan fingerprint density at radius 3 is 2.79 bits per heavy atom. The summed E-state index contributed by atoms with van der Waals surface area (Å²) in [7, 11) is 0. The first-order chi connectivity index (χ1) is 9.13. The highest BCUT2D eigenvalue weighted by atomic mass is 16.4. The normalized spacial score (nSPS) is 10.7. The summed E-state index contributed by atoms with van der Waals surface area (Å²) in [5.74, 6) is -0.575. The number of nitrogens with two attached hydrogens (primary N) is 1. The Morgan fingerprint density at radius 2 is 2.05 bits per heavy atom. The van der Waals surface area contributed by atoms with E-state index in [1.807, 2.05) is 12.1 Å². The average molecular weight is 254 g/mol.